The minimum atomic E-state index is -0.763. The molecule has 2 aromatic rings. The summed E-state index contributed by atoms with van der Waals surface area (Å²) in [5.74, 6) is -1.19. The van der Waals surface area contributed by atoms with E-state index in [0.29, 0.717) is 6.42 Å². The molecule has 1 aliphatic carbocycles. The monoisotopic (exact) mass is 302 g/mol. The number of fused-ring (bicyclic) bond motifs is 1. The van der Waals surface area contributed by atoms with E-state index in [4.69, 9.17) is 0 Å². The third-order valence-electron chi connectivity index (χ3n) is 3.92. The van der Waals surface area contributed by atoms with Crippen LogP contribution in [0.25, 0.3) is 0 Å². The number of nitrogens with one attached hydrogen (secondary N) is 1. The normalized spacial score (nSPS) is 18.2. The molecule has 110 valence electrons. The van der Waals surface area contributed by atoms with E-state index in [9.17, 15) is 9.90 Å². The largest absolute Gasteiger partial charge is 0.481 e. The number of anilines is 1. The van der Waals surface area contributed by atoms with Gasteiger partial charge in [-0.1, -0.05) is 37.3 Å². The molecule has 3 rings (SSSR count). The molecule has 2 atom stereocenters. The van der Waals surface area contributed by atoms with Gasteiger partial charge in [-0.05, 0) is 24.8 Å². The highest BCUT2D eigenvalue weighted by atomic mass is 32.1. The minimum Gasteiger partial charge on any atom is -0.481 e. The third-order valence-corrected chi connectivity index (χ3v) is 4.99. The van der Waals surface area contributed by atoms with Crippen LogP contribution in [0.4, 0.5) is 5.13 Å². The zero-order chi connectivity index (χ0) is 14.8. The lowest BCUT2D eigenvalue weighted by Crippen LogP contribution is -2.11. The van der Waals surface area contributed by atoms with Gasteiger partial charge in [-0.15, -0.1) is 11.3 Å². The fraction of sp³-hybridized carbons (Fsp3) is 0.375. The van der Waals surface area contributed by atoms with E-state index < -0.39 is 11.9 Å². The molecule has 1 aromatic carbocycles. The number of benzene rings is 1. The number of hydrogen-bond donors (Lipinski definition) is 2. The number of aryl methyl sites for hydroxylation is 1. The summed E-state index contributed by atoms with van der Waals surface area (Å²) in [6.07, 6.45) is 2.46. The Morgan fingerprint density at radius 2 is 2.24 bits per heavy atom. The van der Waals surface area contributed by atoms with E-state index in [-0.39, 0.29) is 6.04 Å². The molecule has 0 spiro atoms. The molecule has 0 amide bonds. The van der Waals surface area contributed by atoms with Crippen molar-refractivity contribution in [2.45, 2.75) is 38.1 Å². The topological polar surface area (TPSA) is 62.2 Å². The number of aromatic nitrogens is 1. The maximum absolute atomic E-state index is 11.2. The number of rotatable bonds is 5. The molecule has 0 saturated heterocycles. The van der Waals surface area contributed by atoms with Crippen LogP contribution in [0.15, 0.2) is 30.3 Å². The van der Waals surface area contributed by atoms with Crippen LogP contribution in [0.2, 0.25) is 0 Å². The smallest absolute Gasteiger partial charge is 0.312 e. The van der Waals surface area contributed by atoms with Gasteiger partial charge in [0.25, 0.3) is 0 Å². The summed E-state index contributed by atoms with van der Waals surface area (Å²) >= 11 is 1.60. The number of thiazole rings is 1. The van der Waals surface area contributed by atoms with Gasteiger partial charge < -0.3 is 10.4 Å². The van der Waals surface area contributed by atoms with E-state index in [1.807, 2.05) is 18.2 Å². The fourth-order valence-corrected chi connectivity index (χ4v) is 3.88. The number of aliphatic carboxylic acids is 1. The van der Waals surface area contributed by atoms with Gasteiger partial charge in [0.1, 0.15) is 5.92 Å². The summed E-state index contributed by atoms with van der Waals surface area (Å²) < 4.78 is 0. The lowest BCUT2D eigenvalue weighted by molar-refractivity contribution is -0.138. The Bertz CT molecular complexity index is 639. The van der Waals surface area contributed by atoms with Crippen LogP contribution in [0.3, 0.4) is 0 Å². The van der Waals surface area contributed by atoms with Gasteiger partial charge >= 0.3 is 5.97 Å². The first-order chi connectivity index (χ1) is 10.2. The Morgan fingerprint density at radius 1 is 1.48 bits per heavy atom. The van der Waals surface area contributed by atoms with E-state index in [1.54, 1.807) is 11.3 Å². The summed E-state index contributed by atoms with van der Waals surface area (Å²) in [4.78, 5) is 16.9. The van der Waals surface area contributed by atoms with Gasteiger partial charge in [0.2, 0.25) is 0 Å². The Labute approximate surface area is 127 Å². The number of nitrogens with zero attached hydrogens (tertiary/aromatic N) is 1. The second kappa shape index (κ2) is 5.85. The molecular formula is C16H18N2O2S. The average Bonchev–Trinajstić information content (AvgIpc) is 3.05. The van der Waals surface area contributed by atoms with Crippen LogP contribution in [-0.4, -0.2) is 16.1 Å². The van der Waals surface area contributed by atoms with Crippen LogP contribution in [0, 0.1) is 0 Å². The zero-order valence-electron chi connectivity index (χ0n) is 11.9. The second-order valence-electron chi connectivity index (χ2n) is 5.27. The van der Waals surface area contributed by atoms with Crippen molar-refractivity contribution in [3.8, 4) is 0 Å². The summed E-state index contributed by atoms with van der Waals surface area (Å²) in [6.45, 7) is 2.13. The Morgan fingerprint density at radius 3 is 2.90 bits per heavy atom. The maximum Gasteiger partial charge on any atom is 0.312 e. The molecule has 1 aromatic heterocycles. The molecule has 21 heavy (non-hydrogen) atoms. The van der Waals surface area contributed by atoms with Crippen molar-refractivity contribution in [3.05, 3.63) is 46.5 Å². The van der Waals surface area contributed by atoms with Gasteiger partial charge in [-0.3, -0.25) is 4.79 Å². The molecule has 0 bridgehead atoms. The number of hydrogen-bond acceptors (Lipinski definition) is 4. The standard InChI is InChI=1S/C16H18N2O2S/c1-2-12(10-6-4-3-5-7-10)17-16-18-14-11(15(19)20)8-9-13(14)21-16/h3-7,11-12H,2,8-9H2,1H3,(H,17,18)(H,19,20). The van der Waals surface area contributed by atoms with Crippen molar-refractivity contribution < 1.29 is 9.90 Å². The second-order valence-corrected chi connectivity index (χ2v) is 6.36. The van der Waals surface area contributed by atoms with Gasteiger partial charge in [-0.25, -0.2) is 4.98 Å². The average molecular weight is 302 g/mol. The molecule has 2 N–H and O–H groups in total. The number of carbonyl (C=O) groups is 1. The number of carboxylic acids is 1. The van der Waals surface area contributed by atoms with Gasteiger partial charge in [-0.2, -0.15) is 0 Å². The van der Waals surface area contributed by atoms with E-state index in [1.165, 1.54) is 5.56 Å². The molecular weight excluding hydrogens is 284 g/mol. The van der Waals surface area contributed by atoms with Gasteiger partial charge in [0, 0.05) is 4.88 Å². The van der Waals surface area contributed by atoms with Crippen molar-refractivity contribution in [2.75, 3.05) is 5.32 Å². The van der Waals surface area contributed by atoms with Crippen LogP contribution in [0.1, 0.15) is 47.9 Å². The predicted octanol–water partition coefficient (Wildman–Crippen LogP) is 3.82. The number of carboxylic acid groups (broad SMARTS) is 1. The van der Waals surface area contributed by atoms with E-state index in [2.05, 4.69) is 29.4 Å². The Kier molecular flexibility index (Phi) is 3.92. The Balaban J connectivity index is 1.80. The van der Waals surface area contributed by atoms with Crippen molar-refractivity contribution >= 4 is 22.4 Å². The molecule has 5 heteroatoms. The lowest BCUT2D eigenvalue weighted by Gasteiger charge is -2.16. The van der Waals surface area contributed by atoms with Crippen molar-refractivity contribution in [1.29, 1.82) is 0 Å². The highest BCUT2D eigenvalue weighted by Crippen LogP contribution is 2.39. The van der Waals surface area contributed by atoms with E-state index in [0.717, 1.165) is 28.5 Å². The minimum absolute atomic E-state index is 0.209. The lowest BCUT2D eigenvalue weighted by atomic mass is 10.1. The summed E-state index contributed by atoms with van der Waals surface area (Å²) in [5, 5.41) is 13.5. The summed E-state index contributed by atoms with van der Waals surface area (Å²) in [5.41, 5.74) is 1.99. The molecule has 0 saturated carbocycles. The maximum atomic E-state index is 11.2. The molecule has 0 radical (unpaired) electrons. The third kappa shape index (κ3) is 2.78. The zero-order valence-corrected chi connectivity index (χ0v) is 12.7. The molecule has 1 heterocycles. The molecule has 4 nitrogen and oxygen atoms in total. The van der Waals surface area contributed by atoms with Gasteiger partial charge in [0.05, 0.1) is 11.7 Å². The van der Waals surface area contributed by atoms with Crippen molar-refractivity contribution in [1.82, 2.24) is 4.98 Å². The first-order valence-corrected chi connectivity index (χ1v) is 8.04. The summed E-state index contributed by atoms with van der Waals surface area (Å²) in [6, 6.07) is 10.5. The van der Waals surface area contributed by atoms with Crippen LogP contribution < -0.4 is 5.32 Å². The first-order valence-electron chi connectivity index (χ1n) is 7.23. The quantitative estimate of drug-likeness (QED) is 0.881. The van der Waals surface area contributed by atoms with E-state index >= 15 is 0 Å². The van der Waals surface area contributed by atoms with Crippen molar-refractivity contribution in [2.24, 2.45) is 0 Å². The highest BCUT2D eigenvalue weighted by molar-refractivity contribution is 7.15. The summed E-state index contributed by atoms with van der Waals surface area (Å²) in [7, 11) is 0. The van der Waals surface area contributed by atoms with Crippen LogP contribution >= 0.6 is 11.3 Å². The molecule has 2 unspecified atom stereocenters. The van der Waals surface area contributed by atoms with Crippen molar-refractivity contribution in [3.63, 3.8) is 0 Å². The highest BCUT2D eigenvalue weighted by Gasteiger charge is 2.32. The SMILES string of the molecule is CCC(Nc1nc2c(s1)CCC2C(=O)O)c1ccccc1. The molecule has 0 aliphatic heterocycles. The van der Waals surface area contributed by atoms with Crippen LogP contribution in [-0.2, 0) is 11.2 Å². The molecule has 0 fully saturated rings. The van der Waals surface area contributed by atoms with Gasteiger partial charge in [0.15, 0.2) is 5.13 Å². The first kappa shape index (κ1) is 14.1. The molecule has 1 aliphatic rings. The fourth-order valence-electron chi connectivity index (χ4n) is 2.78. The Hall–Kier alpha value is -1.88. The van der Waals surface area contributed by atoms with Crippen LogP contribution in [0.5, 0.6) is 0 Å². The predicted molar refractivity (Wildman–Crippen MR) is 83.9 cm³/mol.